The van der Waals surface area contributed by atoms with Crippen molar-refractivity contribution in [1.82, 2.24) is 9.66 Å². The van der Waals surface area contributed by atoms with Crippen molar-refractivity contribution in [3.05, 3.63) is 134 Å². The number of halogens is 2. The Morgan fingerprint density at radius 2 is 1.63 bits per heavy atom. The van der Waals surface area contributed by atoms with Gasteiger partial charge in [-0.3, -0.25) is 4.79 Å². The number of hydrogen-bond donors (Lipinski definition) is 0. The lowest BCUT2D eigenvalue weighted by molar-refractivity contribution is 0.285. The first kappa shape index (κ1) is 26.7. The van der Waals surface area contributed by atoms with E-state index in [4.69, 9.17) is 26.1 Å². The van der Waals surface area contributed by atoms with Gasteiger partial charge >= 0.3 is 0 Å². The van der Waals surface area contributed by atoms with Crippen molar-refractivity contribution in [1.29, 1.82) is 0 Å². The Hall–Kier alpha value is -4.46. The summed E-state index contributed by atoms with van der Waals surface area (Å²) in [6.07, 6.45) is 1.55. The highest BCUT2D eigenvalue weighted by atomic mass is 79.9. The predicted octanol–water partition coefficient (Wildman–Crippen LogP) is 8.10. The summed E-state index contributed by atoms with van der Waals surface area (Å²) in [5, 5.41) is 7.61. The second-order valence-corrected chi connectivity index (χ2v) is 10.4. The molecule has 0 amide bonds. The van der Waals surface area contributed by atoms with Crippen molar-refractivity contribution < 1.29 is 9.47 Å². The van der Waals surface area contributed by atoms with Gasteiger partial charge in [-0.2, -0.15) is 9.78 Å². The zero-order chi connectivity index (χ0) is 28.3. The van der Waals surface area contributed by atoms with Gasteiger partial charge in [0.1, 0.15) is 11.6 Å². The van der Waals surface area contributed by atoms with Crippen LogP contribution in [0.3, 0.4) is 0 Å². The average molecular weight is 625 g/mol. The zero-order valence-electron chi connectivity index (χ0n) is 21.9. The van der Waals surface area contributed by atoms with Gasteiger partial charge in [0.2, 0.25) is 0 Å². The van der Waals surface area contributed by atoms with Gasteiger partial charge in [-0.25, -0.2) is 4.98 Å². The Morgan fingerprint density at radius 3 is 2.44 bits per heavy atom. The molecule has 6 nitrogen and oxygen atoms in total. The first-order valence-corrected chi connectivity index (χ1v) is 14.0. The van der Waals surface area contributed by atoms with Crippen LogP contribution in [-0.4, -0.2) is 23.0 Å². The number of para-hydroxylation sites is 1. The second kappa shape index (κ2) is 11.6. The van der Waals surface area contributed by atoms with Crippen molar-refractivity contribution in [3.63, 3.8) is 0 Å². The van der Waals surface area contributed by atoms with Gasteiger partial charge in [0.25, 0.3) is 5.56 Å². The van der Waals surface area contributed by atoms with Crippen LogP contribution in [0.5, 0.6) is 11.5 Å². The van der Waals surface area contributed by atoms with E-state index in [0.29, 0.717) is 49.9 Å². The minimum Gasteiger partial charge on any atom is -0.493 e. The summed E-state index contributed by atoms with van der Waals surface area (Å²) >= 11 is 10.4. The molecule has 5 aromatic carbocycles. The van der Waals surface area contributed by atoms with E-state index in [2.05, 4.69) is 39.2 Å². The third kappa shape index (κ3) is 5.22. The highest BCUT2D eigenvalue weighted by Crippen LogP contribution is 2.42. The molecule has 1 heterocycles. The SMILES string of the molecule is COc1cc(C=Nn2c(-c3ccccc3)nc3ccccc3c2=O)c(Br)c(Cl)c1OCc1cccc2ccccc12. The number of nitrogens with zero attached hydrogens (tertiary/aromatic N) is 3. The van der Waals surface area contributed by atoms with Crippen LogP contribution in [0.1, 0.15) is 11.1 Å². The van der Waals surface area contributed by atoms with E-state index in [-0.39, 0.29) is 5.56 Å². The Bertz CT molecular complexity index is 1990. The van der Waals surface area contributed by atoms with Gasteiger partial charge in [-0.15, -0.1) is 0 Å². The van der Waals surface area contributed by atoms with E-state index in [1.165, 1.54) is 4.68 Å². The summed E-state index contributed by atoms with van der Waals surface area (Å²) in [5.74, 6) is 1.27. The smallest absolute Gasteiger partial charge is 0.282 e. The number of ether oxygens (including phenoxy) is 2. The minimum absolute atomic E-state index is 0.282. The molecule has 0 aliphatic heterocycles. The second-order valence-electron chi connectivity index (χ2n) is 9.23. The molecule has 6 rings (SSSR count). The number of fused-ring (bicyclic) bond motifs is 2. The lowest BCUT2D eigenvalue weighted by Gasteiger charge is -2.16. The third-order valence-electron chi connectivity index (χ3n) is 6.73. The largest absolute Gasteiger partial charge is 0.493 e. The number of rotatable bonds is 7. The summed E-state index contributed by atoms with van der Waals surface area (Å²) in [6, 6.07) is 32.7. The third-order valence-corrected chi connectivity index (χ3v) is 8.17. The van der Waals surface area contributed by atoms with Crippen LogP contribution in [0.25, 0.3) is 33.1 Å². The first-order chi connectivity index (χ1) is 20.0. The molecule has 0 unspecified atom stereocenters. The van der Waals surface area contributed by atoms with Crippen LogP contribution in [0, 0.1) is 0 Å². The topological polar surface area (TPSA) is 65.7 Å². The number of hydrogen-bond acceptors (Lipinski definition) is 5. The molecular weight excluding hydrogens is 602 g/mol. The quantitative estimate of drug-likeness (QED) is 0.168. The fourth-order valence-electron chi connectivity index (χ4n) is 4.68. The molecule has 8 heteroatoms. The van der Waals surface area contributed by atoms with Gasteiger partial charge < -0.3 is 9.47 Å². The first-order valence-electron chi connectivity index (χ1n) is 12.8. The van der Waals surface area contributed by atoms with Crippen molar-refractivity contribution >= 4 is 55.4 Å². The molecule has 41 heavy (non-hydrogen) atoms. The van der Waals surface area contributed by atoms with Gasteiger partial charge in [0.15, 0.2) is 17.3 Å². The van der Waals surface area contributed by atoms with Crippen molar-refractivity contribution in [2.75, 3.05) is 7.11 Å². The lowest BCUT2D eigenvalue weighted by atomic mass is 10.1. The highest BCUT2D eigenvalue weighted by Gasteiger charge is 2.18. The van der Waals surface area contributed by atoms with Gasteiger partial charge in [-0.1, -0.05) is 96.5 Å². The Morgan fingerprint density at radius 1 is 0.927 bits per heavy atom. The molecule has 1 aromatic heterocycles. The summed E-state index contributed by atoms with van der Waals surface area (Å²) in [5.41, 5.74) is 2.71. The summed E-state index contributed by atoms with van der Waals surface area (Å²) < 4.78 is 13.7. The van der Waals surface area contributed by atoms with Gasteiger partial charge in [0, 0.05) is 15.6 Å². The molecule has 6 aromatic rings. The maximum absolute atomic E-state index is 13.5. The molecule has 0 atom stereocenters. The van der Waals surface area contributed by atoms with Gasteiger partial charge in [-0.05, 0) is 50.5 Å². The molecule has 0 radical (unpaired) electrons. The zero-order valence-corrected chi connectivity index (χ0v) is 24.3. The number of methoxy groups -OCH3 is 1. The summed E-state index contributed by atoms with van der Waals surface area (Å²) in [6.45, 7) is 0.301. The van der Waals surface area contributed by atoms with Crippen LogP contribution < -0.4 is 15.0 Å². The van der Waals surface area contributed by atoms with Crippen LogP contribution in [-0.2, 0) is 6.61 Å². The molecule has 0 N–H and O–H groups in total. The van der Waals surface area contributed by atoms with Crippen LogP contribution in [0.2, 0.25) is 5.02 Å². The number of benzene rings is 5. The van der Waals surface area contributed by atoms with E-state index >= 15 is 0 Å². The Kier molecular flexibility index (Phi) is 7.55. The molecule has 0 saturated heterocycles. The van der Waals surface area contributed by atoms with E-state index in [9.17, 15) is 4.79 Å². The number of aromatic nitrogens is 2. The Balaban J connectivity index is 1.39. The van der Waals surface area contributed by atoms with E-state index < -0.39 is 0 Å². The van der Waals surface area contributed by atoms with Crippen LogP contribution in [0.4, 0.5) is 0 Å². The monoisotopic (exact) mass is 623 g/mol. The van der Waals surface area contributed by atoms with Crippen molar-refractivity contribution in [3.8, 4) is 22.9 Å². The molecule has 202 valence electrons. The van der Waals surface area contributed by atoms with E-state index in [1.807, 2.05) is 66.7 Å². The van der Waals surface area contributed by atoms with Crippen LogP contribution >= 0.6 is 27.5 Å². The predicted molar refractivity (Wildman–Crippen MR) is 168 cm³/mol. The molecule has 0 fully saturated rings. The molecule has 0 aliphatic rings. The molecule has 0 saturated carbocycles. The van der Waals surface area contributed by atoms with Crippen molar-refractivity contribution in [2.45, 2.75) is 6.61 Å². The van der Waals surface area contributed by atoms with Crippen molar-refractivity contribution in [2.24, 2.45) is 5.10 Å². The van der Waals surface area contributed by atoms with Crippen LogP contribution in [0.15, 0.2) is 117 Å². The average Bonchev–Trinajstić information content (AvgIpc) is 3.02. The highest BCUT2D eigenvalue weighted by molar-refractivity contribution is 9.10. The maximum atomic E-state index is 13.5. The molecule has 0 spiro atoms. The standard InChI is InChI=1S/C33H23BrClN3O3/c1-40-28-18-24(29(34)30(35)31(28)41-20-23-14-9-13-21-10-5-6-15-25(21)23)19-36-38-32(22-11-3-2-4-12-22)37-27-17-8-7-16-26(27)33(38)39/h2-19H,20H2,1H3. The molecular formula is C33H23BrClN3O3. The minimum atomic E-state index is -0.282. The lowest BCUT2D eigenvalue weighted by Crippen LogP contribution is -2.20. The summed E-state index contributed by atoms with van der Waals surface area (Å²) in [7, 11) is 1.55. The normalized spacial score (nSPS) is 11.4. The Labute approximate surface area is 249 Å². The molecule has 0 bridgehead atoms. The fraction of sp³-hybridized carbons (Fsp3) is 0.0606. The fourth-order valence-corrected chi connectivity index (χ4v) is 5.33. The van der Waals surface area contributed by atoms with E-state index in [0.717, 1.165) is 21.9 Å². The molecule has 0 aliphatic carbocycles. The van der Waals surface area contributed by atoms with Gasteiger partial charge in [0.05, 0.1) is 24.2 Å². The summed E-state index contributed by atoms with van der Waals surface area (Å²) in [4.78, 5) is 18.3. The maximum Gasteiger partial charge on any atom is 0.282 e. The van der Waals surface area contributed by atoms with E-state index in [1.54, 1.807) is 31.5 Å².